The first kappa shape index (κ1) is 16.8. The van der Waals surface area contributed by atoms with Crippen molar-refractivity contribution in [3.63, 3.8) is 0 Å². The number of para-hydroxylation sites is 1. The van der Waals surface area contributed by atoms with Gasteiger partial charge in [-0.25, -0.2) is 8.42 Å². The average molecular weight is 480 g/mol. The van der Waals surface area contributed by atoms with Crippen LogP contribution in [0.1, 0.15) is 5.56 Å². The van der Waals surface area contributed by atoms with Crippen LogP contribution in [0.2, 0.25) is 0 Å². The molecule has 0 aliphatic heterocycles. The molecule has 0 heterocycles. The fourth-order valence-corrected chi connectivity index (χ4v) is 4.85. The third-order valence-corrected chi connectivity index (χ3v) is 6.00. The first-order chi connectivity index (χ1) is 9.96. The zero-order valence-corrected chi connectivity index (χ0v) is 16.0. The van der Waals surface area contributed by atoms with Crippen LogP contribution in [0.3, 0.4) is 0 Å². The summed E-state index contributed by atoms with van der Waals surface area (Å²) in [4.78, 5) is 0.314. The molecule has 0 radical (unpaired) electrons. The molecule has 6 heteroatoms. The van der Waals surface area contributed by atoms with Gasteiger partial charge in [-0.2, -0.15) is 0 Å². The molecule has 0 aromatic heterocycles. The molecule has 3 nitrogen and oxygen atoms in total. The summed E-state index contributed by atoms with van der Waals surface area (Å²) in [5.74, 6) is 0. The Bertz CT molecular complexity index is 717. The summed E-state index contributed by atoms with van der Waals surface area (Å²) in [6, 6.07) is 14.3. The Morgan fingerprint density at radius 3 is 2.29 bits per heavy atom. The molecule has 0 saturated carbocycles. The van der Waals surface area contributed by atoms with E-state index in [1.807, 2.05) is 43.3 Å². The van der Waals surface area contributed by atoms with Crippen molar-refractivity contribution in [2.24, 2.45) is 0 Å². The van der Waals surface area contributed by atoms with Gasteiger partial charge in [0.25, 0.3) is 10.0 Å². The minimum atomic E-state index is -3.56. The molecule has 0 N–H and O–H groups in total. The Morgan fingerprint density at radius 1 is 1.10 bits per heavy atom. The quantitative estimate of drug-likeness (QED) is 0.471. The summed E-state index contributed by atoms with van der Waals surface area (Å²) in [6.45, 7) is 2.37. The molecule has 0 spiro atoms. The van der Waals surface area contributed by atoms with E-state index in [1.165, 1.54) is 4.31 Å². The van der Waals surface area contributed by atoms with Gasteiger partial charge in [-0.3, -0.25) is 4.31 Å². The molecule has 2 rings (SSSR count). The lowest BCUT2D eigenvalue weighted by molar-refractivity contribution is 0.592. The lowest BCUT2D eigenvalue weighted by Gasteiger charge is -2.24. The SMILES string of the molecule is Cc1ccc(S(=O)(=O)N(CCI)c2ccccc2Br)cc1. The number of anilines is 1. The third kappa shape index (κ3) is 3.78. The van der Waals surface area contributed by atoms with E-state index >= 15 is 0 Å². The van der Waals surface area contributed by atoms with Crippen LogP contribution in [0.15, 0.2) is 57.9 Å². The molecule has 21 heavy (non-hydrogen) atoms. The molecule has 0 amide bonds. The minimum absolute atomic E-state index is 0.314. The maximum atomic E-state index is 12.9. The van der Waals surface area contributed by atoms with E-state index in [9.17, 15) is 8.42 Å². The second-order valence-corrected chi connectivity index (χ2v) is 8.33. The maximum absolute atomic E-state index is 12.9. The third-order valence-electron chi connectivity index (χ3n) is 3.02. The number of benzene rings is 2. The second-order valence-electron chi connectivity index (χ2n) is 4.53. The van der Waals surface area contributed by atoms with E-state index in [0.717, 1.165) is 10.0 Å². The molecular formula is C15H15BrINO2S. The summed E-state index contributed by atoms with van der Waals surface area (Å²) in [5.41, 5.74) is 1.70. The minimum Gasteiger partial charge on any atom is -0.264 e. The molecule has 2 aromatic rings. The fraction of sp³-hybridized carbons (Fsp3) is 0.200. The van der Waals surface area contributed by atoms with Gasteiger partial charge in [-0.15, -0.1) is 0 Å². The first-order valence-corrected chi connectivity index (χ1v) is 10.1. The van der Waals surface area contributed by atoms with Gasteiger partial charge in [0.2, 0.25) is 0 Å². The summed E-state index contributed by atoms with van der Waals surface area (Å²) >= 11 is 5.62. The van der Waals surface area contributed by atoms with Crippen LogP contribution in [0.4, 0.5) is 5.69 Å². The molecule has 0 aliphatic carbocycles. The lowest BCUT2D eigenvalue weighted by atomic mass is 10.2. The highest BCUT2D eigenvalue weighted by atomic mass is 127. The molecule has 0 atom stereocenters. The van der Waals surface area contributed by atoms with Crippen molar-refractivity contribution in [1.82, 2.24) is 0 Å². The van der Waals surface area contributed by atoms with Crippen molar-refractivity contribution in [1.29, 1.82) is 0 Å². The molecule has 0 unspecified atom stereocenters. The van der Waals surface area contributed by atoms with E-state index in [-0.39, 0.29) is 0 Å². The van der Waals surface area contributed by atoms with Crippen molar-refractivity contribution in [3.8, 4) is 0 Å². The van der Waals surface area contributed by atoms with Gasteiger partial charge in [0.05, 0.1) is 10.6 Å². The topological polar surface area (TPSA) is 37.4 Å². The lowest BCUT2D eigenvalue weighted by Crippen LogP contribution is -2.33. The zero-order chi connectivity index (χ0) is 15.5. The van der Waals surface area contributed by atoms with Crippen LogP contribution in [-0.2, 0) is 10.0 Å². The van der Waals surface area contributed by atoms with Crippen molar-refractivity contribution >= 4 is 54.2 Å². The van der Waals surface area contributed by atoms with E-state index in [1.54, 1.807) is 12.1 Å². The Labute approximate surface area is 147 Å². The van der Waals surface area contributed by atoms with Crippen molar-refractivity contribution < 1.29 is 8.42 Å². The molecule has 0 saturated heterocycles. The number of sulfonamides is 1. The summed E-state index contributed by atoms with van der Waals surface area (Å²) in [5, 5.41) is 0. The first-order valence-electron chi connectivity index (χ1n) is 6.36. The predicted molar refractivity (Wildman–Crippen MR) is 98.7 cm³/mol. The molecule has 112 valence electrons. The van der Waals surface area contributed by atoms with Crippen molar-refractivity contribution in [2.45, 2.75) is 11.8 Å². The molecule has 0 fully saturated rings. The highest BCUT2D eigenvalue weighted by Gasteiger charge is 2.25. The summed E-state index contributed by atoms with van der Waals surface area (Å²) < 4.78 is 28.7. The fourth-order valence-electron chi connectivity index (χ4n) is 1.94. The number of rotatable bonds is 5. The van der Waals surface area contributed by atoms with Gasteiger partial charge in [0, 0.05) is 15.4 Å². The van der Waals surface area contributed by atoms with Crippen LogP contribution in [0, 0.1) is 6.92 Å². The van der Waals surface area contributed by atoms with Crippen LogP contribution < -0.4 is 4.31 Å². The Balaban J connectivity index is 2.51. The predicted octanol–water partition coefficient (Wildman–Crippen LogP) is 4.39. The number of halogens is 2. The Kier molecular flexibility index (Phi) is 5.67. The summed E-state index contributed by atoms with van der Waals surface area (Å²) in [7, 11) is -3.56. The monoisotopic (exact) mass is 479 g/mol. The smallest absolute Gasteiger partial charge is 0.264 e. The highest BCUT2D eigenvalue weighted by molar-refractivity contribution is 14.1. The number of hydrogen-bond donors (Lipinski definition) is 0. The summed E-state index contributed by atoms with van der Waals surface area (Å²) in [6.07, 6.45) is 0. The van der Waals surface area contributed by atoms with E-state index in [2.05, 4.69) is 38.5 Å². The van der Waals surface area contributed by atoms with Crippen LogP contribution >= 0.6 is 38.5 Å². The molecule has 0 aliphatic rings. The number of aryl methyl sites for hydroxylation is 1. The number of hydrogen-bond acceptors (Lipinski definition) is 2. The molecular weight excluding hydrogens is 465 g/mol. The van der Waals surface area contributed by atoms with E-state index in [0.29, 0.717) is 21.6 Å². The van der Waals surface area contributed by atoms with Gasteiger partial charge in [0.15, 0.2) is 0 Å². The number of alkyl halides is 1. The van der Waals surface area contributed by atoms with E-state index < -0.39 is 10.0 Å². The number of nitrogens with zero attached hydrogens (tertiary/aromatic N) is 1. The zero-order valence-electron chi connectivity index (χ0n) is 11.5. The van der Waals surface area contributed by atoms with Gasteiger partial charge < -0.3 is 0 Å². The molecule has 0 bridgehead atoms. The second kappa shape index (κ2) is 7.11. The normalized spacial score (nSPS) is 11.4. The maximum Gasteiger partial charge on any atom is 0.264 e. The largest absolute Gasteiger partial charge is 0.264 e. The Morgan fingerprint density at radius 2 is 1.71 bits per heavy atom. The van der Waals surface area contributed by atoms with Crippen LogP contribution in [-0.4, -0.2) is 19.4 Å². The standard InChI is InChI=1S/C15H15BrINO2S/c1-12-6-8-13(9-7-12)21(19,20)18(11-10-17)15-5-3-2-4-14(15)16/h2-9H,10-11H2,1H3. The van der Waals surface area contributed by atoms with Gasteiger partial charge in [-0.05, 0) is 47.1 Å². The Hall–Kier alpha value is -0.600. The van der Waals surface area contributed by atoms with Gasteiger partial charge in [0.1, 0.15) is 0 Å². The molecule has 2 aromatic carbocycles. The highest BCUT2D eigenvalue weighted by Crippen LogP contribution is 2.30. The van der Waals surface area contributed by atoms with Crippen molar-refractivity contribution in [2.75, 3.05) is 15.3 Å². The van der Waals surface area contributed by atoms with Crippen LogP contribution in [0.25, 0.3) is 0 Å². The van der Waals surface area contributed by atoms with Crippen LogP contribution in [0.5, 0.6) is 0 Å². The average Bonchev–Trinajstić information content (AvgIpc) is 2.46. The van der Waals surface area contributed by atoms with E-state index in [4.69, 9.17) is 0 Å². The van der Waals surface area contributed by atoms with Gasteiger partial charge >= 0.3 is 0 Å². The van der Waals surface area contributed by atoms with Gasteiger partial charge in [-0.1, -0.05) is 52.4 Å². The van der Waals surface area contributed by atoms with Crippen molar-refractivity contribution in [3.05, 3.63) is 58.6 Å².